The van der Waals surface area contributed by atoms with Crippen LogP contribution >= 0.6 is 0 Å². The number of fused-ring (bicyclic) bond motifs is 3. The molecular weight excluding hydrogens is 503 g/mol. The molecule has 3 aromatic rings. The minimum Gasteiger partial charge on any atom is -0.483 e. The third kappa shape index (κ3) is 5.31. The minimum absolute atomic E-state index is 0.171. The number of nitrogens with one attached hydrogen (secondary N) is 2. The summed E-state index contributed by atoms with van der Waals surface area (Å²) in [6.45, 7) is 2.95. The normalized spacial score (nSPS) is 13.8. The van der Waals surface area contributed by atoms with Gasteiger partial charge in [0.15, 0.2) is 0 Å². The fourth-order valence-electron chi connectivity index (χ4n) is 4.09. The molecule has 0 bridgehead atoms. The average molecular weight is 525 g/mol. The number of amidine groups is 1. The number of carboxylic acid groups (broad SMARTS) is 1. The van der Waals surface area contributed by atoms with Crippen LogP contribution in [0, 0.1) is 6.92 Å². The lowest BCUT2D eigenvalue weighted by molar-refractivity contribution is -0.137. The summed E-state index contributed by atoms with van der Waals surface area (Å²) in [4.78, 5) is 40.5. The SMILES string of the molecule is CNc1ncc2c(n1)N1CCN=C1C(c1ccc(C(=O)Nc3cc(C(F)(F)F)ccn3)cc1C)=C2.O=CO. The number of rotatable bonds is 4. The smallest absolute Gasteiger partial charge is 0.416 e. The summed E-state index contributed by atoms with van der Waals surface area (Å²) in [5.74, 6) is 1.38. The Morgan fingerprint density at radius 3 is 2.63 bits per heavy atom. The van der Waals surface area contributed by atoms with Crippen LogP contribution in [0.1, 0.15) is 32.6 Å². The number of carbonyl (C=O) groups is 2. The molecule has 0 spiro atoms. The van der Waals surface area contributed by atoms with E-state index in [2.05, 4.69) is 30.6 Å². The Bertz CT molecular complexity index is 1450. The number of aliphatic imine (C=N–C) groups is 1. The molecule has 2 aliphatic rings. The van der Waals surface area contributed by atoms with E-state index < -0.39 is 17.6 Å². The van der Waals surface area contributed by atoms with Crippen molar-refractivity contribution in [3.05, 3.63) is 70.5 Å². The minimum atomic E-state index is -4.52. The summed E-state index contributed by atoms with van der Waals surface area (Å²) in [7, 11) is 1.76. The van der Waals surface area contributed by atoms with E-state index in [-0.39, 0.29) is 12.3 Å². The summed E-state index contributed by atoms with van der Waals surface area (Å²) in [5.41, 5.74) is 2.86. The zero-order valence-corrected chi connectivity index (χ0v) is 20.2. The number of aromatic nitrogens is 3. The van der Waals surface area contributed by atoms with Gasteiger partial charge in [-0.3, -0.25) is 14.6 Å². The first kappa shape index (κ1) is 26.3. The quantitative estimate of drug-likeness (QED) is 0.436. The summed E-state index contributed by atoms with van der Waals surface area (Å²) in [5, 5.41) is 12.3. The number of amides is 1. The number of benzene rings is 1. The Balaban J connectivity index is 0.00000107. The molecule has 3 N–H and O–H groups in total. The maximum Gasteiger partial charge on any atom is 0.416 e. The Labute approximate surface area is 215 Å². The summed E-state index contributed by atoms with van der Waals surface area (Å²) < 4.78 is 38.9. The first-order valence-corrected chi connectivity index (χ1v) is 11.3. The first-order chi connectivity index (χ1) is 18.2. The number of nitrogens with zero attached hydrogens (tertiary/aromatic N) is 5. The summed E-state index contributed by atoms with van der Waals surface area (Å²) in [6.07, 6.45) is 0.216. The van der Waals surface area contributed by atoms with E-state index in [0.717, 1.165) is 52.2 Å². The second kappa shape index (κ2) is 10.7. The van der Waals surface area contributed by atoms with Crippen molar-refractivity contribution >= 4 is 47.4 Å². The van der Waals surface area contributed by atoms with Gasteiger partial charge in [0.25, 0.3) is 12.4 Å². The monoisotopic (exact) mass is 525 g/mol. The number of anilines is 3. The van der Waals surface area contributed by atoms with Gasteiger partial charge in [0.2, 0.25) is 5.95 Å². The number of carbonyl (C=O) groups excluding carboxylic acids is 1. The van der Waals surface area contributed by atoms with E-state index in [0.29, 0.717) is 24.6 Å². The maximum atomic E-state index is 13.0. The maximum absolute atomic E-state index is 13.0. The van der Waals surface area contributed by atoms with Gasteiger partial charge >= 0.3 is 6.18 Å². The predicted molar refractivity (Wildman–Crippen MR) is 136 cm³/mol. The molecule has 0 saturated carbocycles. The molecule has 2 aromatic heterocycles. The average Bonchev–Trinajstić information content (AvgIpc) is 3.39. The number of halogens is 3. The van der Waals surface area contributed by atoms with Crippen LogP contribution in [0.5, 0.6) is 0 Å². The van der Waals surface area contributed by atoms with Crippen molar-refractivity contribution in [2.75, 3.05) is 35.7 Å². The standard InChI is InChI=1S/C24H20F3N7O.CH2O2/c1-13-9-14(22(35)32-19-11-16(5-6-29-19)24(25,26)27)3-4-17(13)18-10-15-12-31-23(28-2)33-20(15)34-8-7-30-21(18)34;2-1-3/h3-6,9-12H,7-8H2,1-2H3,(H,28,31,33)(H,29,32,35);1H,(H,2,3). The molecule has 0 radical (unpaired) electrons. The number of aryl methyl sites for hydroxylation is 1. The molecule has 0 saturated heterocycles. The Morgan fingerprint density at radius 2 is 1.95 bits per heavy atom. The molecule has 1 aromatic carbocycles. The van der Waals surface area contributed by atoms with E-state index in [4.69, 9.17) is 9.90 Å². The zero-order valence-electron chi connectivity index (χ0n) is 20.2. The van der Waals surface area contributed by atoms with Crippen LogP contribution in [0.15, 0.2) is 47.7 Å². The highest BCUT2D eigenvalue weighted by Crippen LogP contribution is 2.36. The molecule has 2 aliphatic heterocycles. The molecule has 10 nitrogen and oxygen atoms in total. The lowest BCUT2D eigenvalue weighted by Crippen LogP contribution is -2.32. The lowest BCUT2D eigenvalue weighted by Gasteiger charge is -2.28. The van der Waals surface area contributed by atoms with E-state index in [1.54, 1.807) is 25.4 Å². The Morgan fingerprint density at radius 1 is 1.18 bits per heavy atom. The van der Waals surface area contributed by atoms with E-state index in [1.165, 1.54) is 0 Å². The summed E-state index contributed by atoms with van der Waals surface area (Å²) >= 11 is 0. The van der Waals surface area contributed by atoms with Crippen LogP contribution in [-0.4, -0.2) is 58.4 Å². The molecule has 1 amide bonds. The Hall–Kier alpha value is -4.81. The molecule has 196 valence electrons. The second-order valence-corrected chi connectivity index (χ2v) is 8.15. The van der Waals surface area contributed by atoms with Gasteiger partial charge in [-0.05, 0) is 48.4 Å². The second-order valence-electron chi connectivity index (χ2n) is 8.15. The largest absolute Gasteiger partial charge is 0.483 e. The van der Waals surface area contributed by atoms with E-state index in [9.17, 15) is 18.0 Å². The van der Waals surface area contributed by atoms with Gasteiger partial charge in [-0.2, -0.15) is 18.2 Å². The van der Waals surface area contributed by atoms with Crippen LogP contribution in [0.3, 0.4) is 0 Å². The van der Waals surface area contributed by atoms with Crippen molar-refractivity contribution in [3.8, 4) is 0 Å². The van der Waals surface area contributed by atoms with Gasteiger partial charge in [-0.15, -0.1) is 0 Å². The van der Waals surface area contributed by atoms with Crippen molar-refractivity contribution < 1.29 is 27.9 Å². The highest BCUT2D eigenvalue weighted by molar-refractivity contribution is 6.36. The van der Waals surface area contributed by atoms with Gasteiger partial charge < -0.3 is 20.6 Å². The molecule has 0 aliphatic carbocycles. The predicted octanol–water partition coefficient (Wildman–Crippen LogP) is 3.97. The first-order valence-electron chi connectivity index (χ1n) is 11.3. The molecule has 4 heterocycles. The van der Waals surface area contributed by atoms with Crippen LogP contribution in [0.4, 0.5) is 30.8 Å². The van der Waals surface area contributed by atoms with Crippen molar-refractivity contribution in [1.29, 1.82) is 0 Å². The van der Waals surface area contributed by atoms with Gasteiger partial charge in [0, 0.05) is 42.7 Å². The fraction of sp³-hybridized carbons (Fsp3) is 0.200. The van der Waals surface area contributed by atoms with Crippen molar-refractivity contribution in [2.24, 2.45) is 4.99 Å². The number of hydrogen-bond acceptors (Lipinski definition) is 8. The summed E-state index contributed by atoms with van der Waals surface area (Å²) in [6, 6.07) is 6.78. The lowest BCUT2D eigenvalue weighted by atomic mass is 9.93. The van der Waals surface area contributed by atoms with Crippen LogP contribution in [0.2, 0.25) is 0 Å². The molecule has 0 atom stereocenters. The van der Waals surface area contributed by atoms with Gasteiger partial charge in [0.05, 0.1) is 12.1 Å². The molecular formula is C25H22F3N7O3. The van der Waals surface area contributed by atoms with Crippen molar-refractivity contribution in [1.82, 2.24) is 15.0 Å². The number of pyridine rings is 1. The highest BCUT2D eigenvalue weighted by Gasteiger charge is 2.32. The van der Waals surface area contributed by atoms with Crippen molar-refractivity contribution in [3.63, 3.8) is 0 Å². The molecule has 13 heteroatoms. The number of alkyl halides is 3. The molecule has 38 heavy (non-hydrogen) atoms. The molecule has 5 rings (SSSR count). The van der Waals surface area contributed by atoms with E-state index in [1.807, 2.05) is 24.0 Å². The van der Waals surface area contributed by atoms with E-state index >= 15 is 0 Å². The highest BCUT2D eigenvalue weighted by atomic mass is 19.4. The van der Waals surface area contributed by atoms with Gasteiger partial charge in [-0.25, -0.2) is 9.97 Å². The topological polar surface area (TPSA) is 133 Å². The molecule has 0 unspecified atom stereocenters. The molecule has 0 fully saturated rings. The van der Waals surface area contributed by atoms with Gasteiger partial charge in [0.1, 0.15) is 17.5 Å². The zero-order chi connectivity index (χ0) is 27.4. The third-order valence-corrected chi connectivity index (χ3v) is 5.76. The van der Waals surface area contributed by atoms with Crippen LogP contribution in [-0.2, 0) is 11.0 Å². The van der Waals surface area contributed by atoms with Crippen molar-refractivity contribution in [2.45, 2.75) is 13.1 Å². The van der Waals surface area contributed by atoms with Crippen LogP contribution in [0.25, 0.3) is 11.6 Å². The fourth-order valence-corrected chi connectivity index (χ4v) is 4.09. The van der Waals surface area contributed by atoms with Gasteiger partial charge in [-0.1, -0.05) is 6.07 Å². The number of hydrogen-bond donors (Lipinski definition) is 3. The third-order valence-electron chi connectivity index (χ3n) is 5.76. The van der Waals surface area contributed by atoms with Crippen LogP contribution < -0.4 is 15.5 Å². The Kier molecular flexibility index (Phi) is 7.37.